The van der Waals surface area contributed by atoms with Crippen LogP contribution in [0.2, 0.25) is 0 Å². The quantitative estimate of drug-likeness (QED) is 0.792. The van der Waals surface area contributed by atoms with Crippen molar-refractivity contribution in [3.05, 3.63) is 41.5 Å². The fourth-order valence-electron chi connectivity index (χ4n) is 2.22. The zero-order chi connectivity index (χ0) is 12.7. The average Bonchev–Trinajstić information content (AvgIpc) is 2.97. The molecule has 3 aromatic rings. The lowest BCUT2D eigenvalue weighted by Crippen LogP contribution is -2.18. The van der Waals surface area contributed by atoms with Crippen LogP contribution in [0.3, 0.4) is 0 Å². The minimum Gasteiger partial charge on any atom is -0.308 e. The molecular weight excluding hydrogens is 256 g/mol. The molecule has 1 fully saturated rings. The van der Waals surface area contributed by atoms with Crippen molar-refractivity contribution in [2.24, 2.45) is 0 Å². The second kappa shape index (κ2) is 4.43. The predicted molar refractivity (Wildman–Crippen MR) is 76.6 cm³/mol. The van der Waals surface area contributed by atoms with Gasteiger partial charge >= 0.3 is 0 Å². The highest BCUT2D eigenvalue weighted by Gasteiger charge is 2.21. The molecule has 5 heteroatoms. The van der Waals surface area contributed by atoms with Gasteiger partial charge in [0.1, 0.15) is 0 Å². The van der Waals surface area contributed by atoms with Gasteiger partial charge in [0, 0.05) is 17.3 Å². The van der Waals surface area contributed by atoms with Crippen molar-refractivity contribution >= 4 is 21.4 Å². The molecule has 4 nitrogen and oxygen atoms in total. The first-order valence-electron chi connectivity index (χ1n) is 6.51. The van der Waals surface area contributed by atoms with E-state index in [0.29, 0.717) is 6.04 Å². The minimum absolute atomic E-state index is 0.697. The van der Waals surface area contributed by atoms with E-state index in [1.165, 1.54) is 22.9 Å². The first kappa shape index (κ1) is 11.1. The summed E-state index contributed by atoms with van der Waals surface area (Å²) in [6, 6.07) is 9.26. The molecule has 1 N–H and O–H groups in total. The second-order valence-corrected chi connectivity index (χ2v) is 5.88. The molecule has 0 atom stereocenters. The van der Waals surface area contributed by atoms with Gasteiger partial charge in [-0.25, -0.2) is 4.68 Å². The molecular formula is C14H14N4S. The van der Waals surface area contributed by atoms with E-state index in [1.54, 1.807) is 11.3 Å². The molecule has 19 heavy (non-hydrogen) atoms. The molecule has 0 radical (unpaired) electrons. The van der Waals surface area contributed by atoms with Crippen LogP contribution < -0.4 is 5.32 Å². The molecule has 0 bridgehead atoms. The van der Waals surface area contributed by atoms with Gasteiger partial charge in [-0.2, -0.15) is 0 Å². The van der Waals surface area contributed by atoms with Gasteiger partial charge < -0.3 is 5.32 Å². The van der Waals surface area contributed by atoms with E-state index in [-0.39, 0.29) is 0 Å². The van der Waals surface area contributed by atoms with E-state index in [1.807, 2.05) is 10.9 Å². The normalized spacial score (nSPS) is 15.2. The Morgan fingerprint density at radius 3 is 3.16 bits per heavy atom. The summed E-state index contributed by atoms with van der Waals surface area (Å²) in [5, 5.41) is 15.1. The Bertz CT molecular complexity index is 711. The summed E-state index contributed by atoms with van der Waals surface area (Å²) in [5.41, 5.74) is 2.19. The third-order valence-electron chi connectivity index (χ3n) is 3.45. The Kier molecular flexibility index (Phi) is 2.60. The number of rotatable bonds is 4. The maximum absolute atomic E-state index is 4.21. The molecule has 1 saturated carbocycles. The third-order valence-corrected chi connectivity index (χ3v) is 4.35. The van der Waals surface area contributed by atoms with Crippen LogP contribution in [0.15, 0.2) is 35.8 Å². The first-order chi connectivity index (χ1) is 9.40. The van der Waals surface area contributed by atoms with E-state index >= 15 is 0 Å². The number of nitrogens with zero attached hydrogens (tertiary/aromatic N) is 3. The van der Waals surface area contributed by atoms with Gasteiger partial charge in [-0.05, 0) is 47.9 Å². The number of aromatic nitrogens is 3. The summed E-state index contributed by atoms with van der Waals surface area (Å²) < 4.78 is 3.23. The van der Waals surface area contributed by atoms with Crippen LogP contribution >= 0.6 is 11.3 Å². The van der Waals surface area contributed by atoms with Crippen molar-refractivity contribution in [1.29, 1.82) is 0 Å². The monoisotopic (exact) mass is 270 g/mol. The van der Waals surface area contributed by atoms with Gasteiger partial charge in [0.15, 0.2) is 0 Å². The minimum atomic E-state index is 0.697. The number of benzene rings is 1. The maximum Gasteiger partial charge on any atom is 0.0783 e. The standard InChI is InChI=1S/C14H14N4S/c1-2-11(1)15-8-13-9-16-17-18(13)12-3-4-14-10(7-12)5-6-19-14/h3-7,9,11,15H,1-2,8H2. The number of nitrogens with one attached hydrogen (secondary N) is 1. The number of hydrogen-bond acceptors (Lipinski definition) is 4. The SMILES string of the molecule is c1cc2cc(-n3nncc3CNC3CC3)ccc2s1. The molecule has 1 aliphatic carbocycles. The topological polar surface area (TPSA) is 42.7 Å². The average molecular weight is 270 g/mol. The molecule has 2 aromatic heterocycles. The lowest BCUT2D eigenvalue weighted by Gasteiger charge is -2.07. The van der Waals surface area contributed by atoms with Gasteiger partial charge in [0.05, 0.1) is 17.6 Å². The lowest BCUT2D eigenvalue weighted by molar-refractivity contribution is 0.647. The van der Waals surface area contributed by atoms with Crippen molar-refractivity contribution < 1.29 is 0 Å². The summed E-state index contributed by atoms with van der Waals surface area (Å²) in [6.45, 7) is 0.833. The van der Waals surface area contributed by atoms with Gasteiger partial charge in [-0.3, -0.25) is 0 Å². The Hall–Kier alpha value is -1.72. The van der Waals surface area contributed by atoms with Gasteiger partial charge in [-0.15, -0.1) is 16.4 Å². The largest absolute Gasteiger partial charge is 0.308 e. The molecule has 1 aromatic carbocycles. The molecule has 0 aliphatic heterocycles. The smallest absolute Gasteiger partial charge is 0.0783 e. The molecule has 1 aliphatic rings. The molecule has 0 saturated heterocycles. The molecule has 0 spiro atoms. The summed E-state index contributed by atoms with van der Waals surface area (Å²) in [5.74, 6) is 0. The summed E-state index contributed by atoms with van der Waals surface area (Å²) in [4.78, 5) is 0. The van der Waals surface area contributed by atoms with E-state index in [4.69, 9.17) is 0 Å². The van der Waals surface area contributed by atoms with Crippen LogP contribution in [-0.2, 0) is 6.54 Å². The zero-order valence-electron chi connectivity index (χ0n) is 10.4. The van der Waals surface area contributed by atoms with Crippen LogP contribution in [0, 0.1) is 0 Å². The predicted octanol–water partition coefficient (Wildman–Crippen LogP) is 2.73. The summed E-state index contributed by atoms with van der Waals surface area (Å²) in [6.07, 6.45) is 4.43. The lowest BCUT2D eigenvalue weighted by atomic mass is 10.2. The molecule has 2 heterocycles. The van der Waals surface area contributed by atoms with E-state index in [9.17, 15) is 0 Å². The highest BCUT2D eigenvalue weighted by atomic mass is 32.1. The zero-order valence-corrected chi connectivity index (χ0v) is 11.2. The van der Waals surface area contributed by atoms with Gasteiger partial charge in [-0.1, -0.05) is 5.21 Å². The van der Waals surface area contributed by atoms with Crippen LogP contribution in [0.1, 0.15) is 18.5 Å². The Morgan fingerprint density at radius 1 is 1.32 bits per heavy atom. The molecule has 4 rings (SSSR count). The van der Waals surface area contributed by atoms with Crippen LogP contribution in [0.5, 0.6) is 0 Å². The highest BCUT2D eigenvalue weighted by molar-refractivity contribution is 7.17. The fraction of sp³-hybridized carbons (Fsp3) is 0.286. The number of fused-ring (bicyclic) bond motifs is 1. The second-order valence-electron chi connectivity index (χ2n) is 4.94. The summed E-state index contributed by atoms with van der Waals surface area (Å²) >= 11 is 1.76. The molecule has 0 amide bonds. The first-order valence-corrected chi connectivity index (χ1v) is 7.39. The number of hydrogen-bond donors (Lipinski definition) is 1. The molecule has 0 unspecified atom stereocenters. The van der Waals surface area contributed by atoms with Crippen molar-refractivity contribution in [2.75, 3.05) is 0 Å². The van der Waals surface area contributed by atoms with Gasteiger partial charge in [0.25, 0.3) is 0 Å². The van der Waals surface area contributed by atoms with Crippen molar-refractivity contribution in [3.8, 4) is 5.69 Å². The Morgan fingerprint density at radius 2 is 2.26 bits per heavy atom. The van der Waals surface area contributed by atoms with E-state index in [0.717, 1.165) is 17.9 Å². The third kappa shape index (κ3) is 2.15. The highest BCUT2D eigenvalue weighted by Crippen LogP contribution is 2.24. The van der Waals surface area contributed by atoms with Gasteiger partial charge in [0.2, 0.25) is 0 Å². The van der Waals surface area contributed by atoms with Crippen molar-refractivity contribution in [1.82, 2.24) is 20.3 Å². The summed E-state index contributed by atoms with van der Waals surface area (Å²) in [7, 11) is 0. The maximum atomic E-state index is 4.21. The van der Waals surface area contributed by atoms with Crippen LogP contribution in [0.25, 0.3) is 15.8 Å². The fourth-order valence-corrected chi connectivity index (χ4v) is 2.99. The van der Waals surface area contributed by atoms with Crippen LogP contribution in [-0.4, -0.2) is 21.0 Å². The Balaban J connectivity index is 1.67. The number of thiophene rings is 1. The molecule has 96 valence electrons. The van der Waals surface area contributed by atoms with Crippen LogP contribution in [0.4, 0.5) is 0 Å². The van der Waals surface area contributed by atoms with E-state index in [2.05, 4.69) is 45.3 Å². The van der Waals surface area contributed by atoms with Crippen molar-refractivity contribution in [2.45, 2.75) is 25.4 Å². The van der Waals surface area contributed by atoms with E-state index < -0.39 is 0 Å². The Labute approximate surface area is 115 Å². The van der Waals surface area contributed by atoms with Crippen molar-refractivity contribution in [3.63, 3.8) is 0 Å².